The molecule has 4 N–H and O–H groups in total. The van der Waals surface area contributed by atoms with Crippen LogP contribution in [0.15, 0.2) is 18.2 Å². The van der Waals surface area contributed by atoms with Gasteiger partial charge in [0.15, 0.2) is 0 Å². The normalized spacial score (nSPS) is 12.3. The molecule has 0 spiro atoms. The van der Waals surface area contributed by atoms with Crippen LogP contribution in [0.25, 0.3) is 0 Å². The lowest BCUT2D eigenvalue weighted by atomic mass is 10.2. The maximum absolute atomic E-state index is 13.1. The van der Waals surface area contributed by atoms with E-state index in [4.69, 9.17) is 22.4 Å². The summed E-state index contributed by atoms with van der Waals surface area (Å²) in [4.78, 5) is 11.2. The minimum absolute atomic E-state index is 0.0833. The van der Waals surface area contributed by atoms with Gasteiger partial charge in [-0.15, -0.1) is 0 Å². The van der Waals surface area contributed by atoms with E-state index < -0.39 is 17.8 Å². The van der Waals surface area contributed by atoms with Gasteiger partial charge in [-0.05, 0) is 18.2 Å². The van der Waals surface area contributed by atoms with Crippen molar-refractivity contribution >= 4 is 23.2 Å². The molecule has 1 aromatic carbocycles. The summed E-state index contributed by atoms with van der Waals surface area (Å²) in [5.74, 6) is -1.39. The summed E-state index contributed by atoms with van der Waals surface area (Å²) in [6, 6.07) is 3.72. The van der Waals surface area contributed by atoms with Gasteiger partial charge in [0.1, 0.15) is 11.9 Å². The zero-order valence-corrected chi connectivity index (χ0v) is 8.46. The van der Waals surface area contributed by atoms with E-state index in [1.54, 1.807) is 0 Å². The van der Waals surface area contributed by atoms with Crippen LogP contribution in [0.1, 0.15) is 0 Å². The second kappa shape index (κ2) is 5.06. The Morgan fingerprint density at radius 1 is 1.67 bits per heavy atom. The van der Waals surface area contributed by atoms with Crippen LogP contribution in [-0.4, -0.2) is 23.7 Å². The molecule has 0 saturated heterocycles. The average Bonchev–Trinajstić information content (AvgIpc) is 2.22. The van der Waals surface area contributed by atoms with Crippen LogP contribution in [0.3, 0.4) is 0 Å². The minimum Gasteiger partial charge on any atom is -0.382 e. The Bertz CT molecular complexity index is 373. The average molecular weight is 233 g/mol. The van der Waals surface area contributed by atoms with Crippen LogP contribution < -0.4 is 11.1 Å². The van der Waals surface area contributed by atoms with Crippen molar-refractivity contribution in [3.8, 4) is 0 Å². The molecule has 82 valence electrons. The molecular weight excluding hydrogens is 223 g/mol. The number of rotatable bonds is 3. The van der Waals surface area contributed by atoms with Crippen LogP contribution in [0.2, 0.25) is 5.02 Å². The van der Waals surface area contributed by atoms with Gasteiger partial charge in [0.25, 0.3) is 5.91 Å². The Labute approximate surface area is 90.8 Å². The van der Waals surface area contributed by atoms with Gasteiger partial charge < -0.3 is 16.2 Å². The van der Waals surface area contributed by atoms with Gasteiger partial charge in [-0.25, -0.2) is 4.39 Å². The van der Waals surface area contributed by atoms with Crippen LogP contribution in [0.4, 0.5) is 10.1 Å². The number of carbonyl (C=O) groups excluding carboxylic acids is 1. The standard InChI is InChI=1S/C9H10ClFN2O2/c10-5-1-2-6(11)7(3-5)13-9(15)8(14)4-12/h1-3,8,14H,4,12H2,(H,13,15). The molecule has 6 heteroatoms. The Morgan fingerprint density at radius 2 is 2.33 bits per heavy atom. The first-order valence-corrected chi connectivity index (χ1v) is 4.56. The SMILES string of the molecule is NCC(O)C(=O)Nc1cc(Cl)ccc1F. The number of aliphatic hydroxyl groups excluding tert-OH is 1. The summed E-state index contributed by atoms with van der Waals surface area (Å²) in [5.41, 5.74) is 4.98. The molecular formula is C9H10ClFN2O2. The van der Waals surface area contributed by atoms with Crippen molar-refractivity contribution in [1.82, 2.24) is 0 Å². The van der Waals surface area contributed by atoms with Crippen molar-refractivity contribution in [3.05, 3.63) is 29.0 Å². The molecule has 0 bridgehead atoms. The number of anilines is 1. The van der Waals surface area contributed by atoms with Crippen LogP contribution in [0, 0.1) is 5.82 Å². The molecule has 1 aromatic rings. The number of halogens is 2. The highest BCUT2D eigenvalue weighted by Gasteiger charge is 2.14. The van der Waals surface area contributed by atoms with Crippen molar-refractivity contribution < 1.29 is 14.3 Å². The van der Waals surface area contributed by atoms with E-state index in [1.807, 2.05) is 0 Å². The van der Waals surface area contributed by atoms with Crippen molar-refractivity contribution in [1.29, 1.82) is 0 Å². The third-order valence-electron chi connectivity index (χ3n) is 1.71. The first kappa shape index (κ1) is 11.9. The second-order valence-corrected chi connectivity index (χ2v) is 3.30. The number of hydrogen-bond acceptors (Lipinski definition) is 3. The minimum atomic E-state index is -1.36. The second-order valence-electron chi connectivity index (χ2n) is 2.86. The number of nitrogens with two attached hydrogens (primary N) is 1. The number of amides is 1. The first-order chi connectivity index (χ1) is 7.04. The fourth-order valence-corrected chi connectivity index (χ4v) is 1.09. The molecule has 0 saturated carbocycles. The van der Waals surface area contributed by atoms with E-state index >= 15 is 0 Å². The topological polar surface area (TPSA) is 75.3 Å². The molecule has 0 radical (unpaired) electrons. The number of hydrogen-bond donors (Lipinski definition) is 3. The van der Waals surface area contributed by atoms with Crippen LogP contribution in [0.5, 0.6) is 0 Å². The van der Waals surface area contributed by atoms with E-state index in [2.05, 4.69) is 5.32 Å². The third kappa shape index (κ3) is 3.16. The smallest absolute Gasteiger partial charge is 0.254 e. The van der Waals surface area contributed by atoms with Crippen molar-refractivity contribution in [3.63, 3.8) is 0 Å². The van der Waals surface area contributed by atoms with E-state index in [0.29, 0.717) is 0 Å². The first-order valence-electron chi connectivity index (χ1n) is 4.18. The molecule has 1 atom stereocenters. The van der Waals surface area contributed by atoms with Crippen molar-refractivity contribution in [2.45, 2.75) is 6.10 Å². The molecule has 0 aliphatic rings. The van der Waals surface area contributed by atoms with Gasteiger partial charge >= 0.3 is 0 Å². The summed E-state index contributed by atoms with van der Waals surface area (Å²) >= 11 is 5.61. The van der Waals surface area contributed by atoms with Gasteiger partial charge in [-0.3, -0.25) is 4.79 Å². The Hall–Kier alpha value is -1.17. The summed E-state index contributed by atoms with van der Waals surface area (Å²) in [7, 11) is 0. The molecule has 0 aromatic heterocycles. The van der Waals surface area contributed by atoms with E-state index in [0.717, 1.165) is 6.07 Å². The highest BCUT2D eigenvalue weighted by atomic mass is 35.5. The van der Waals surface area contributed by atoms with E-state index in [1.165, 1.54) is 12.1 Å². The van der Waals surface area contributed by atoms with Gasteiger partial charge in [-0.1, -0.05) is 11.6 Å². The fraction of sp³-hybridized carbons (Fsp3) is 0.222. The summed E-state index contributed by atoms with van der Waals surface area (Å²) < 4.78 is 13.1. The zero-order chi connectivity index (χ0) is 11.4. The molecule has 1 unspecified atom stereocenters. The van der Waals surface area contributed by atoms with E-state index in [-0.39, 0.29) is 17.3 Å². The Balaban J connectivity index is 2.80. The lowest BCUT2D eigenvalue weighted by molar-refractivity contribution is -0.123. The lowest BCUT2D eigenvalue weighted by Crippen LogP contribution is -2.34. The van der Waals surface area contributed by atoms with Gasteiger partial charge in [0.05, 0.1) is 5.69 Å². The predicted octanol–water partition coefficient (Wildman–Crippen LogP) is 0.737. The number of carbonyl (C=O) groups is 1. The molecule has 0 fully saturated rings. The quantitative estimate of drug-likeness (QED) is 0.720. The molecule has 0 aliphatic carbocycles. The maximum atomic E-state index is 13.1. The third-order valence-corrected chi connectivity index (χ3v) is 1.95. The number of nitrogens with one attached hydrogen (secondary N) is 1. The maximum Gasteiger partial charge on any atom is 0.254 e. The number of aliphatic hydroxyl groups is 1. The fourth-order valence-electron chi connectivity index (χ4n) is 0.916. The van der Waals surface area contributed by atoms with Crippen LogP contribution in [-0.2, 0) is 4.79 Å². The highest BCUT2D eigenvalue weighted by Crippen LogP contribution is 2.19. The summed E-state index contributed by atoms with van der Waals surface area (Å²) in [5, 5.41) is 11.5. The summed E-state index contributed by atoms with van der Waals surface area (Å²) in [6.45, 7) is -0.228. The van der Waals surface area contributed by atoms with Gasteiger partial charge in [0.2, 0.25) is 0 Å². The molecule has 15 heavy (non-hydrogen) atoms. The monoisotopic (exact) mass is 232 g/mol. The molecule has 4 nitrogen and oxygen atoms in total. The zero-order valence-electron chi connectivity index (χ0n) is 7.71. The lowest BCUT2D eigenvalue weighted by Gasteiger charge is -2.09. The number of benzene rings is 1. The van der Waals surface area contributed by atoms with Crippen molar-refractivity contribution in [2.75, 3.05) is 11.9 Å². The predicted molar refractivity (Wildman–Crippen MR) is 55.1 cm³/mol. The van der Waals surface area contributed by atoms with E-state index in [9.17, 15) is 9.18 Å². The van der Waals surface area contributed by atoms with Crippen molar-refractivity contribution in [2.24, 2.45) is 5.73 Å². The highest BCUT2D eigenvalue weighted by molar-refractivity contribution is 6.30. The largest absolute Gasteiger partial charge is 0.382 e. The molecule has 1 amide bonds. The molecule has 0 heterocycles. The Morgan fingerprint density at radius 3 is 2.93 bits per heavy atom. The van der Waals surface area contributed by atoms with Gasteiger partial charge in [0, 0.05) is 11.6 Å². The Kier molecular flexibility index (Phi) is 4.02. The molecule has 1 rings (SSSR count). The van der Waals surface area contributed by atoms with Crippen LogP contribution >= 0.6 is 11.6 Å². The van der Waals surface area contributed by atoms with Gasteiger partial charge in [-0.2, -0.15) is 0 Å². The molecule has 0 aliphatic heterocycles. The summed E-state index contributed by atoms with van der Waals surface area (Å²) in [6.07, 6.45) is -1.36.